The van der Waals surface area contributed by atoms with E-state index in [0.717, 1.165) is 44.2 Å². The summed E-state index contributed by atoms with van der Waals surface area (Å²) in [5.41, 5.74) is 1.23. The lowest BCUT2D eigenvalue weighted by molar-refractivity contribution is 0.0988. The molecule has 0 saturated heterocycles. The molecule has 0 aliphatic heterocycles. The molecule has 1 aromatic rings. The van der Waals surface area contributed by atoms with Gasteiger partial charge in [-0.25, -0.2) is 0 Å². The first kappa shape index (κ1) is 15.2. The van der Waals surface area contributed by atoms with Gasteiger partial charge in [0.1, 0.15) is 18.1 Å². The second kappa shape index (κ2) is 8.29. The number of ether oxygens (including phenoxy) is 1. The van der Waals surface area contributed by atoms with Gasteiger partial charge in [0, 0.05) is 18.7 Å². The van der Waals surface area contributed by atoms with Gasteiger partial charge in [0.05, 0.1) is 0 Å². The highest BCUT2D eigenvalue weighted by atomic mass is 16.5. The fraction of sp³-hybridized carbons (Fsp3) is 0.714. The Morgan fingerprint density at radius 1 is 1.39 bits per heavy atom. The van der Waals surface area contributed by atoms with Gasteiger partial charge in [-0.2, -0.15) is 0 Å². The number of nitrogens with one attached hydrogen (secondary N) is 1. The van der Waals surface area contributed by atoms with Crippen LogP contribution in [0.25, 0.3) is 0 Å². The minimum atomic E-state index is 0.570. The van der Waals surface area contributed by atoms with Gasteiger partial charge in [-0.15, -0.1) is 0 Å². The van der Waals surface area contributed by atoms with Crippen molar-refractivity contribution in [3.63, 3.8) is 0 Å². The van der Waals surface area contributed by atoms with Gasteiger partial charge in [0.2, 0.25) is 0 Å². The molecule has 0 bridgehead atoms. The Morgan fingerprint density at radius 2 is 2.17 bits per heavy atom. The van der Waals surface area contributed by atoms with E-state index in [-0.39, 0.29) is 0 Å². The summed E-state index contributed by atoms with van der Waals surface area (Å²) in [4.78, 5) is 2.16. The molecular formula is C14H26N2O2. The van der Waals surface area contributed by atoms with Crippen LogP contribution in [0.5, 0.6) is 0 Å². The molecule has 1 heterocycles. The maximum Gasteiger partial charge on any atom is 0.130 e. The molecular weight excluding hydrogens is 228 g/mol. The van der Waals surface area contributed by atoms with Crippen molar-refractivity contribution < 1.29 is 9.15 Å². The molecule has 0 aromatic carbocycles. The molecule has 4 nitrogen and oxygen atoms in total. The van der Waals surface area contributed by atoms with Crippen LogP contribution in [0.15, 0.2) is 10.5 Å². The first-order valence-electron chi connectivity index (χ1n) is 6.64. The maximum absolute atomic E-state index is 5.66. The predicted octanol–water partition coefficient (Wildman–Crippen LogP) is 2.17. The van der Waals surface area contributed by atoms with Gasteiger partial charge in [-0.3, -0.25) is 0 Å². The summed E-state index contributed by atoms with van der Waals surface area (Å²) in [6.45, 7) is 8.35. The van der Waals surface area contributed by atoms with Crippen molar-refractivity contribution in [3.05, 3.63) is 23.2 Å². The van der Waals surface area contributed by atoms with E-state index in [2.05, 4.69) is 37.3 Å². The number of furan rings is 1. The maximum atomic E-state index is 5.66. The average molecular weight is 254 g/mol. The number of aryl methyl sites for hydroxylation is 1. The number of nitrogens with zero attached hydrogens (tertiary/aromatic N) is 1. The Balaban J connectivity index is 2.25. The van der Waals surface area contributed by atoms with Gasteiger partial charge in [0.15, 0.2) is 0 Å². The Hall–Kier alpha value is -0.840. The highest BCUT2D eigenvalue weighted by molar-refractivity contribution is 5.20. The van der Waals surface area contributed by atoms with Crippen molar-refractivity contribution >= 4 is 0 Å². The minimum Gasteiger partial charge on any atom is -0.464 e. The summed E-state index contributed by atoms with van der Waals surface area (Å²) in [6.07, 6.45) is 1.05. The highest BCUT2D eigenvalue weighted by Crippen LogP contribution is 2.15. The van der Waals surface area contributed by atoms with E-state index in [1.807, 2.05) is 6.92 Å². The summed E-state index contributed by atoms with van der Waals surface area (Å²) in [5, 5.41) is 3.30. The molecule has 1 rings (SSSR count). The van der Waals surface area contributed by atoms with E-state index in [1.54, 1.807) is 0 Å². The van der Waals surface area contributed by atoms with Crippen molar-refractivity contribution in [2.75, 3.05) is 33.8 Å². The van der Waals surface area contributed by atoms with Gasteiger partial charge >= 0.3 is 0 Å². The molecule has 4 heteroatoms. The van der Waals surface area contributed by atoms with Crippen molar-refractivity contribution in [1.82, 2.24) is 10.2 Å². The second-order valence-electron chi connectivity index (χ2n) is 4.78. The molecule has 0 radical (unpaired) electrons. The normalized spacial score (nSPS) is 11.4. The number of hydrogen-bond donors (Lipinski definition) is 1. The van der Waals surface area contributed by atoms with Crippen molar-refractivity contribution in [1.29, 1.82) is 0 Å². The molecule has 0 amide bonds. The largest absolute Gasteiger partial charge is 0.464 e. The zero-order chi connectivity index (χ0) is 13.4. The Kier molecular flexibility index (Phi) is 7.01. The van der Waals surface area contributed by atoms with Crippen LogP contribution in [0.1, 0.15) is 30.4 Å². The van der Waals surface area contributed by atoms with Crippen LogP contribution < -0.4 is 5.32 Å². The summed E-state index contributed by atoms with van der Waals surface area (Å²) in [6, 6.07) is 2.09. The third kappa shape index (κ3) is 5.67. The first-order chi connectivity index (χ1) is 8.63. The SMILES string of the molecule is CCNCc1cc(COCCCN(C)C)oc1C. The van der Waals surface area contributed by atoms with Gasteiger partial charge in [0.25, 0.3) is 0 Å². The smallest absolute Gasteiger partial charge is 0.130 e. The summed E-state index contributed by atoms with van der Waals surface area (Å²) in [5.74, 6) is 1.91. The summed E-state index contributed by atoms with van der Waals surface area (Å²) < 4.78 is 11.3. The van der Waals surface area contributed by atoms with Crippen LogP contribution in [-0.2, 0) is 17.9 Å². The molecule has 0 saturated carbocycles. The van der Waals surface area contributed by atoms with Gasteiger partial charge < -0.3 is 19.4 Å². The van der Waals surface area contributed by atoms with Crippen molar-refractivity contribution in [2.24, 2.45) is 0 Å². The Labute approximate surface area is 110 Å². The zero-order valence-electron chi connectivity index (χ0n) is 12.1. The highest BCUT2D eigenvalue weighted by Gasteiger charge is 2.06. The van der Waals surface area contributed by atoms with Crippen LogP contribution in [0, 0.1) is 6.92 Å². The average Bonchev–Trinajstić information content (AvgIpc) is 2.66. The molecule has 0 aliphatic rings. The molecule has 0 unspecified atom stereocenters. The van der Waals surface area contributed by atoms with Crippen molar-refractivity contribution in [3.8, 4) is 0 Å². The summed E-state index contributed by atoms with van der Waals surface area (Å²) in [7, 11) is 4.14. The van der Waals surface area contributed by atoms with E-state index in [4.69, 9.17) is 9.15 Å². The third-order valence-electron chi connectivity index (χ3n) is 2.78. The molecule has 0 spiro atoms. The van der Waals surface area contributed by atoms with E-state index in [1.165, 1.54) is 5.56 Å². The minimum absolute atomic E-state index is 0.570. The Bertz CT molecular complexity index is 335. The van der Waals surface area contributed by atoms with E-state index in [9.17, 15) is 0 Å². The van der Waals surface area contributed by atoms with E-state index >= 15 is 0 Å². The number of rotatable bonds is 9. The molecule has 104 valence electrons. The van der Waals surface area contributed by atoms with Crippen LogP contribution >= 0.6 is 0 Å². The standard InChI is InChI=1S/C14H26N2O2/c1-5-15-10-13-9-14(18-12(13)2)11-17-8-6-7-16(3)4/h9,15H,5-8,10-11H2,1-4H3. The summed E-state index contributed by atoms with van der Waals surface area (Å²) >= 11 is 0. The topological polar surface area (TPSA) is 37.6 Å². The second-order valence-corrected chi connectivity index (χ2v) is 4.78. The molecule has 0 aliphatic carbocycles. The molecule has 0 fully saturated rings. The van der Waals surface area contributed by atoms with Crippen LogP contribution in [0.2, 0.25) is 0 Å². The lowest BCUT2D eigenvalue weighted by Crippen LogP contribution is -2.14. The van der Waals surface area contributed by atoms with E-state index < -0.39 is 0 Å². The molecule has 0 atom stereocenters. The van der Waals surface area contributed by atoms with Crippen LogP contribution in [0.4, 0.5) is 0 Å². The van der Waals surface area contributed by atoms with Gasteiger partial charge in [-0.1, -0.05) is 6.92 Å². The van der Waals surface area contributed by atoms with E-state index in [0.29, 0.717) is 6.61 Å². The van der Waals surface area contributed by atoms with Gasteiger partial charge in [-0.05, 0) is 46.6 Å². The van der Waals surface area contributed by atoms with Crippen molar-refractivity contribution in [2.45, 2.75) is 33.4 Å². The van der Waals surface area contributed by atoms with Crippen LogP contribution in [0.3, 0.4) is 0 Å². The molecule has 1 aromatic heterocycles. The quantitative estimate of drug-likeness (QED) is 0.685. The Morgan fingerprint density at radius 3 is 2.83 bits per heavy atom. The molecule has 1 N–H and O–H groups in total. The lowest BCUT2D eigenvalue weighted by atomic mass is 10.2. The lowest BCUT2D eigenvalue weighted by Gasteiger charge is -2.08. The first-order valence-corrected chi connectivity index (χ1v) is 6.64. The molecule has 18 heavy (non-hydrogen) atoms. The zero-order valence-corrected chi connectivity index (χ0v) is 12.1. The third-order valence-corrected chi connectivity index (χ3v) is 2.78. The fourth-order valence-corrected chi connectivity index (χ4v) is 1.75. The predicted molar refractivity (Wildman–Crippen MR) is 73.7 cm³/mol. The van der Waals surface area contributed by atoms with Crippen LogP contribution in [-0.4, -0.2) is 38.7 Å². The monoisotopic (exact) mass is 254 g/mol. The number of hydrogen-bond acceptors (Lipinski definition) is 4. The fourth-order valence-electron chi connectivity index (χ4n) is 1.75.